The van der Waals surface area contributed by atoms with E-state index in [2.05, 4.69) is 21.2 Å². The van der Waals surface area contributed by atoms with Crippen LogP contribution in [0.25, 0.3) is 0 Å². The van der Waals surface area contributed by atoms with E-state index in [0.29, 0.717) is 22.8 Å². The Hall–Kier alpha value is -2.90. The summed E-state index contributed by atoms with van der Waals surface area (Å²) >= 11 is 9.62. The zero-order chi connectivity index (χ0) is 26.2. The van der Waals surface area contributed by atoms with Gasteiger partial charge in [0.15, 0.2) is 6.61 Å². The molecule has 3 aromatic carbocycles. The van der Waals surface area contributed by atoms with Crippen LogP contribution in [0.4, 0.5) is 4.39 Å². The smallest absolute Gasteiger partial charge is 0.261 e. The number of nitrogens with one attached hydrogen (secondary N) is 1. The summed E-state index contributed by atoms with van der Waals surface area (Å²) in [5.74, 6) is -0.780. The highest BCUT2D eigenvalue weighted by atomic mass is 79.9. The van der Waals surface area contributed by atoms with Gasteiger partial charge in [-0.05, 0) is 42.7 Å². The maximum atomic E-state index is 14.7. The number of hydrogen-bond acceptors (Lipinski definition) is 3. The number of halogens is 3. The van der Waals surface area contributed by atoms with Gasteiger partial charge in [0.2, 0.25) is 5.91 Å². The van der Waals surface area contributed by atoms with E-state index in [0.717, 1.165) is 35.7 Å². The van der Waals surface area contributed by atoms with Crippen molar-refractivity contribution in [2.75, 3.05) is 6.61 Å². The number of ether oxygens (including phenoxy) is 1. The Bertz CT molecular complexity index is 1220. The topological polar surface area (TPSA) is 58.6 Å². The van der Waals surface area contributed by atoms with E-state index in [4.69, 9.17) is 16.3 Å². The maximum absolute atomic E-state index is 14.7. The van der Waals surface area contributed by atoms with Gasteiger partial charge in [0.25, 0.3) is 5.91 Å². The van der Waals surface area contributed by atoms with Crippen molar-refractivity contribution in [3.63, 3.8) is 0 Å². The minimum Gasteiger partial charge on any atom is -0.482 e. The highest BCUT2D eigenvalue weighted by Crippen LogP contribution is 2.28. The van der Waals surface area contributed by atoms with Crippen molar-refractivity contribution in [2.45, 2.75) is 50.7 Å². The Morgan fingerprint density at radius 2 is 1.76 bits per heavy atom. The SMILES string of the molecule is O=C(NC1CCCC1)[C@H](Cc1ccccc1)N(Cc1ccccc1F)C(=O)COc1ccc(Br)cc1Cl. The molecule has 0 aromatic heterocycles. The van der Waals surface area contributed by atoms with E-state index in [1.54, 1.807) is 36.4 Å². The van der Waals surface area contributed by atoms with Gasteiger partial charge in [-0.15, -0.1) is 0 Å². The summed E-state index contributed by atoms with van der Waals surface area (Å²) in [6.07, 6.45) is 4.24. The van der Waals surface area contributed by atoms with Crippen molar-refractivity contribution >= 4 is 39.3 Å². The maximum Gasteiger partial charge on any atom is 0.261 e. The van der Waals surface area contributed by atoms with Gasteiger partial charge < -0.3 is 15.0 Å². The predicted octanol–water partition coefficient (Wildman–Crippen LogP) is 6.32. The average molecular weight is 588 g/mol. The molecule has 0 saturated heterocycles. The van der Waals surface area contributed by atoms with Gasteiger partial charge in [-0.3, -0.25) is 9.59 Å². The molecule has 5 nitrogen and oxygen atoms in total. The molecule has 1 aliphatic rings. The number of benzene rings is 3. The van der Waals surface area contributed by atoms with Gasteiger partial charge >= 0.3 is 0 Å². The molecule has 0 bridgehead atoms. The first-order valence-electron chi connectivity index (χ1n) is 12.4. The van der Waals surface area contributed by atoms with Crippen molar-refractivity contribution < 1.29 is 18.7 Å². The molecule has 4 rings (SSSR count). The van der Waals surface area contributed by atoms with Crippen molar-refractivity contribution in [3.8, 4) is 5.75 Å². The number of rotatable bonds is 10. The molecule has 0 heterocycles. The van der Waals surface area contributed by atoms with Gasteiger partial charge in [0.1, 0.15) is 17.6 Å². The van der Waals surface area contributed by atoms with E-state index < -0.39 is 17.8 Å². The third kappa shape index (κ3) is 7.55. The van der Waals surface area contributed by atoms with Crippen molar-refractivity contribution in [2.24, 2.45) is 0 Å². The molecule has 37 heavy (non-hydrogen) atoms. The molecular weight excluding hydrogens is 559 g/mol. The van der Waals surface area contributed by atoms with Crippen molar-refractivity contribution in [3.05, 3.63) is 99.2 Å². The summed E-state index contributed by atoms with van der Waals surface area (Å²) in [6.45, 7) is -0.420. The molecule has 0 radical (unpaired) electrons. The number of hydrogen-bond donors (Lipinski definition) is 1. The van der Waals surface area contributed by atoms with E-state index in [9.17, 15) is 14.0 Å². The third-order valence-electron chi connectivity index (χ3n) is 6.52. The molecule has 0 aliphatic heterocycles. The van der Waals surface area contributed by atoms with Crippen LogP contribution in [0.2, 0.25) is 5.02 Å². The number of carbonyl (C=O) groups excluding carboxylic acids is 2. The Balaban J connectivity index is 1.63. The molecule has 194 valence electrons. The fourth-order valence-electron chi connectivity index (χ4n) is 4.55. The van der Waals surface area contributed by atoms with Crippen LogP contribution in [-0.2, 0) is 22.6 Å². The zero-order valence-electron chi connectivity index (χ0n) is 20.3. The summed E-state index contributed by atoms with van der Waals surface area (Å²) in [7, 11) is 0. The first-order valence-corrected chi connectivity index (χ1v) is 13.5. The van der Waals surface area contributed by atoms with Gasteiger partial charge in [-0.25, -0.2) is 4.39 Å². The number of amides is 2. The van der Waals surface area contributed by atoms with Gasteiger partial charge in [-0.1, -0.05) is 88.9 Å². The van der Waals surface area contributed by atoms with Gasteiger partial charge in [0.05, 0.1) is 5.02 Å². The molecule has 1 saturated carbocycles. The lowest BCUT2D eigenvalue weighted by molar-refractivity contribution is -0.143. The molecule has 3 aromatic rings. The lowest BCUT2D eigenvalue weighted by Gasteiger charge is -2.32. The van der Waals surface area contributed by atoms with Crippen LogP contribution < -0.4 is 10.1 Å². The van der Waals surface area contributed by atoms with Gasteiger partial charge in [0, 0.05) is 29.0 Å². The second kappa shape index (κ2) is 13.1. The summed E-state index contributed by atoms with van der Waals surface area (Å²) in [4.78, 5) is 28.7. The normalized spacial score (nSPS) is 14.2. The minimum absolute atomic E-state index is 0.0709. The van der Waals surface area contributed by atoms with Crippen molar-refractivity contribution in [1.82, 2.24) is 10.2 Å². The summed E-state index contributed by atoms with van der Waals surface area (Å²) in [6, 6.07) is 20.1. The summed E-state index contributed by atoms with van der Waals surface area (Å²) in [5, 5.41) is 3.48. The largest absolute Gasteiger partial charge is 0.482 e. The highest BCUT2D eigenvalue weighted by molar-refractivity contribution is 9.10. The molecule has 0 unspecified atom stereocenters. The summed E-state index contributed by atoms with van der Waals surface area (Å²) < 4.78 is 21.2. The minimum atomic E-state index is -0.848. The fraction of sp³-hybridized carbons (Fsp3) is 0.310. The molecule has 1 fully saturated rings. The average Bonchev–Trinajstić information content (AvgIpc) is 3.40. The Labute approximate surface area is 230 Å². The lowest BCUT2D eigenvalue weighted by Crippen LogP contribution is -2.53. The van der Waals surface area contributed by atoms with Crippen LogP contribution in [0, 0.1) is 5.82 Å². The quantitative estimate of drug-likeness (QED) is 0.302. The molecule has 1 aliphatic carbocycles. The van der Waals surface area contributed by atoms with E-state index in [1.165, 1.54) is 11.0 Å². The van der Waals surface area contributed by atoms with E-state index in [-0.39, 0.29) is 25.1 Å². The highest BCUT2D eigenvalue weighted by Gasteiger charge is 2.33. The zero-order valence-corrected chi connectivity index (χ0v) is 22.7. The molecule has 1 N–H and O–H groups in total. The fourth-order valence-corrected chi connectivity index (χ4v) is 5.27. The standard InChI is InChI=1S/C29H29BrClFN2O3/c30-22-14-15-27(24(31)17-22)37-19-28(35)34(18-21-10-4-7-13-25(21)32)26(16-20-8-2-1-3-9-20)29(36)33-23-11-5-6-12-23/h1-4,7-10,13-15,17,23,26H,5-6,11-12,16,18-19H2,(H,33,36)/t26-/m0/s1. The molecule has 1 atom stereocenters. The van der Waals surface area contributed by atoms with Crippen LogP contribution in [0.1, 0.15) is 36.8 Å². The predicted molar refractivity (Wildman–Crippen MR) is 146 cm³/mol. The number of nitrogens with zero attached hydrogens (tertiary/aromatic N) is 1. The first-order chi connectivity index (χ1) is 17.9. The second-order valence-corrected chi connectivity index (χ2v) is 10.5. The lowest BCUT2D eigenvalue weighted by atomic mass is 10.0. The van der Waals surface area contributed by atoms with Crippen LogP contribution >= 0.6 is 27.5 Å². The Morgan fingerprint density at radius 1 is 1.05 bits per heavy atom. The molecule has 2 amide bonds. The van der Waals surface area contributed by atoms with Crippen molar-refractivity contribution in [1.29, 1.82) is 0 Å². The monoisotopic (exact) mass is 586 g/mol. The van der Waals surface area contributed by atoms with Crippen LogP contribution in [-0.4, -0.2) is 35.4 Å². The Morgan fingerprint density at radius 3 is 2.46 bits per heavy atom. The van der Waals surface area contributed by atoms with Gasteiger partial charge in [-0.2, -0.15) is 0 Å². The molecule has 8 heteroatoms. The molecule has 0 spiro atoms. The number of carbonyl (C=O) groups is 2. The molecular formula is C29H29BrClFN2O3. The van der Waals surface area contributed by atoms with E-state index in [1.807, 2.05) is 30.3 Å². The van der Waals surface area contributed by atoms with Crippen LogP contribution in [0.3, 0.4) is 0 Å². The Kier molecular flexibility index (Phi) is 9.58. The second-order valence-electron chi connectivity index (χ2n) is 9.17. The third-order valence-corrected chi connectivity index (χ3v) is 7.30. The summed E-state index contributed by atoms with van der Waals surface area (Å²) in [5.41, 5.74) is 1.22. The first kappa shape index (κ1) is 27.1. The van der Waals surface area contributed by atoms with E-state index >= 15 is 0 Å². The van der Waals surface area contributed by atoms with Crippen LogP contribution in [0.5, 0.6) is 5.75 Å². The van der Waals surface area contributed by atoms with Crippen LogP contribution in [0.15, 0.2) is 77.3 Å².